The first-order valence-corrected chi connectivity index (χ1v) is 12.1. The summed E-state index contributed by atoms with van der Waals surface area (Å²) < 4.78 is 5.15. The Hall–Kier alpha value is -3.22. The van der Waals surface area contributed by atoms with Crippen LogP contribution < -0.4 is 10.1 Å². The number of ether oxygens (including phenoxy) is 1. The zero-order chi connectivity index (χ0) is 24.4. The maximum absolute atomic E-state index is 13.4. The number of ketones is 1. The van der Waals surface area contributed by atoms with Crippen LogP contribution in [-0.4, -0.2) is 35.3 Å². The number of nitrogens with one attached hydrogen (secondary N) is 1. The molecule has 0 heterocycles. The molecular formula is C27H31NO6. The van der Waals surface area contributed by atoms with Gasteiger partial charge in [0.2, 0.25) is 0 Å². The summed E-state index contributed by atoms with van der Waals surface area (Å²) in [6, 6.07) is 5.80. The Labute approximate surface area is 198 Å². The zero-order valence-electron chi connectivity index (χ0n) is 19.6. The number of rotatable bonds is 8. The van der Waals surface area contributed by atoms with Crippen molar-refractivity contribution in [2.75, 3.05) is 0 Å². The average Bonchev–Trinajstić information content (AvgIpc) is 3.40. The molecule has 2 aliphatic rings. The van der Waals surface area contributed by atoms with E-state index in [1.54, 1.807) is 0 Å². The first kappa shape index (κ1) is 23.9. The number of hydrogen-bond acceptors (Lipinski definition) is 5. The second kappa shape index (κ2) is 9.95. The number of hydrogen-bond donors (Lipinski definition) is 2. The van der Waals surface area contributed by atoms with Gasteiger partial charge in [-0.3, -0.25) is 14.4 Å². The molecule has 2 saturated carbocycles. The SMILES string of the molecule is CC1CCC(CC(=O)c2ccc(OC=O)c3c(C(=O)NC4CCC(C)C4)ccc(C(=O)O)c23)C1. The van der Waals surface area contributed by atoms with Gasteiger partial charge >= 0.3 is 5.97 Å². The number of amides is 1. The molecule has 2 fully saturated rings. The first-order valence-electron chi connectivity index (χ1n) is 12.1. The lowest BCUT2D eigenvalue weighted by Crippen LogP contribution is -2.33. The molecular weight excluding hydrogens is 434 g/mol. The smallest absolute Gasteiger partial charge is 0.336 e. The van der Waals surface area contributed by atoms with Crippen LogP contribution in [0.5, 0.6) is 5.75 Å². The van der Waals surface area contributed by atoms with Crippen molar-refractivity contribution >= 4 is 34.9 Å². The fourth-order valence-corrected chi connectivity index (χ4v) is 5.70. The fourth-order valence-electron chi connectivity index (χ4n) is 5.70. The minimum Gasteiger partial charge on any atom is -0.478 e. The maximum atomic E-state index is 13.4. The number of carboxylic acid groups (broad SMARTS) is 1. The van der Waals surface area contributed by atoms with E-state index in [0.29, 0.717) is 18.3 Å². The average molecular weight is 466 g/mol. The van der Waals surface area contributed by atoms with Crippen molar-refractivity contribution in [2.24, 2.45) is 17.8 Å². The van der Waals surface area contributed by atoms with E-state index in [1.807, 2.05) is 0 Å². The number of carbonyl (C=O) groups excluding carboxylic acids is 3. The third kappa shape index (κ3) is 4.83. The van der Waals surface area contributed by atoms with Crippen molar-refractivity contribution in [3.8, 4) is 5.75 Å². The lowest BCUT2D eigenvalue weighted by Gasteiger charge is -2.18. The Kier molecular flexibility index (Phi) is 7.00. The highest BCUT2D eigenvalue weighted by Gasteiger charge is 2.29. The molecule has 0 bridgehead atoms. The van der Waals surface area contributed by atoms with Crippen LogP contribution in [0.2, 0.25) is 0 Å². The van der Waals surface area contributed by atoms with Crippen molar-refractivity contribution in [1.82, 2.24) is 5.32 Å². The summed E-state index contributed by atoms with van der Waals surface area (Å²) in [6.45, 7) is 4.55. The molecule has 0 aliphatic heterocycles. The largest absolute Gasteiger partial charge is 0.478 e. The highest BCUT2D eigenvalue weighted by Crippen LogP contribution is 2.38. The molecule has 34 heavy (non-hydrogen) atoms. The molecule has 4 unspecified atom stereocenters. The van der Waals surface area contributed by atoms with Crippen LogP contribution in [0.4, 0.5) is 0 Å². The summed E-state index contributed by atoms with van der Waals surface area (Å²) in [6.07, 6.45) is 6.11. The van der Waals surface area contributed by atoms with Gasteiger partial charge in [-0.25, -0.2) is 4.79 Å². The minimum atomic E-state index is -1.21. The summed E-state index contributed by atoms with van der Waals surface area (Å²) >= 11 is 0. The molecule has 4 atom stereocenters. The Morgan fingerprint density at radius 1 is 0.941 bits per heavy atom. The maximum Gasteiger partial charge on any atom is 0.336 e. The molecule has 0 aromatic heterocycles. The van der Waals surface area contributed by atoms with E-state index in [0.717, 1.165) is 38.5 Å². The standard InChI is InChI=1S/C27H31NO6/c1-15-3-5-17(11-15)13-22(30)19-9-10-23(34-14-29)25-20(7-8-21(24(19)25)27(32)33)26(31)28-18-6-4-16(2)12-18/h7-10,14-18H,3-6,11-13H2,1-2H3,(H,28,31)(H,32,33). The number of carbonyl (C=O) groups is 4. The second-order valence-corrected chi connectivity index (χ2v) is 10.0. The highest BCUT2D eigenvalue weighted by molar-refractivity contribution is 6.21. The van der Waals surface area contributed by atoms with Gasteiger partial charge in [0.1, 0.15) is 5.75 Å². The van der Waals surface area contributed by atoms with Crippen LogP contribution in [0.1, 0.15) is 89.9 Å². The van der Waals surface area contributed by atoms with Crippen molar-refractivity contribution in [3.63, 3.8) is 0 Å². The summed E-state index contributed by atoms with van der Waals surface area (Å²) in [5.41, 5.74) is 0.343. The van der Waals surface area contributed by atoms with Gasteiger partial charge in [0, 0.05) is 28.8 Å². The third-order valence-corrected chi connectivity index (χ3v) is 7.38. The Balaban J connectivity index is 1.81. The zero-order valence-corrected chi connectivity index (χ0v) is 19.6. The third-order valence-electron chi connectivity index (χ3n) is 7.38. The van der Waals surface area contributed by atoms with Gasteiger partial charge in [0.05, 0.1) is 11.1 Å². The Bertz CT molecular complexity index is 1140. The summed E-state index contributed by atoms with van der Waals surface area (Å²) in [4.78, 5) is 50.0. The van der Waals surface area contributed by atoms with Crippen LogP contribution in [0, 0.1) is 17.8 Å². The highest BCUT2D eigenvalue weighted by atomic mass is 16.5. The summed E-state index contributed by atoms with van der Waals surface area (Å²) in [7, 11) is 0. The number of fused-ring (bicyclic) bond motifs is 1. The number of Topliss-reactive ketones (excluding diaryl/α,β-unsaturated/α-hetero) is 1. The van der Waals surface area contributed by atoms with E-state index in [4.69, 9.17) is 4.74 Å². The van der Waals surface area contributed by atoms with E-state index in [-0.39, 0.29) is 63.3 Å². The summed E-state index contributed by atoms with van der Waals surface area (Å²) in [5.74, 6) is -0.337. The molecule has 0 saturated heterocycles. The van der Waals surface area contributed by atoms with Crippen molar-refractivity contribution in [3.05, 3.63) is 41.0 Å². The molecule has 0 spiro atoms. The number of benzene rings is 2. The molecule has 180 valence electrons. The van der Waals surface area contributed by atoms with E-state index >= 15 is 0 Å². The minimum absolute atomic E-state index is 0.0290. The van der Waals surface area contributed by atoms with Crippen LogP contribution in [0.3, 0.4) is 0 Å². The van der Waals surface area contributed by atoms with E-state index in [9.17, 15) is 24.3 Å². The van der Waals surface area contributed by atoms with Crippen molar-refractivity contribution < 1.29 is 29.0 Å². The van der Waals surface area contributed by atoms with E-state index < -0.39 is 5.97 Å². The van der Waals surface area contributed by atoms with Crippen LogP contribution in [0.15, 0.2) is 24.3 Å². The van der Waals surface area contributed by atoms with E-state index in [1.165, 1.54) is 24.3 Å². The van der Waals surface area contributed by atoms with Gasteiger partial charge < -0.3 is 15.2 Å². The van der Waals surface area contributed by atoms with Gasteiger partial charge in [-0.1, -0.05) is 20.3 Å². The van der Waals surface area contributed by atoms with Crippen molar-refractivity contribution in [2.45, 2.75) is 64.8 Å². The van der Waals surface area contributed by atoms with Gasteiger partial charge in [-0.2, -0.15) is 0 Å². The van der Waals surface area contributed by atoms with E-state index in [2.05, 4.69) is 19.2 Å². The molecule has 2 N–H and O–H groups in total. The van der Waals surface area contributed by atoms with Gasteiger partial charge in [-0.05, 0) is 74.1 Å². The van der Waals surface area contributed by atoms with Crippen LogP contribution in [0.25, 0.3) is 10.8 Å². The molecule has 4 rings (SSSR count). The van der Waals surface area contributed by atoms with Crippen LogP contribution in [-0.2, 0) is 4.79 Å². The van der Waals surface area contributed by atoms with Crippen LogP contribution >= 0.6 is 0 Å². The van der Waals surface area contributed by atoms with Gasteiger partial charge in [-0.15, -0.1) is 0 Å². The summed E-state index contributed by atoms with van der Waals surface area (Å²) in [5, 5.41) is 13.3. The van der Waals surface area contributed by atoms with Crippen molar-refractivity contribution in [1.29, 1.82) is 0 Å². The van der Waals surface area contributed by atoms with Gasteiger partial charge in [0.15, 0.2) is 5.78 Å². The molecule has 0 radical (unpaired) electrons. The number of aromatic carboxylic acids is 1. The molecule has 2 aliphatic carbocycles. The molecule has 2 aromatic rings. The quantitative estimate of drug-likeness (QED) is 0.419. The molecule has 7 nitrogen and oxygen atoms in total. The lowest BCUT2D eigenvalue weighted by molar-refractivity contribution is -0.120. The fraction of sp³-hybridized carbons (Fsp3) is 0.481. The predicted molar refractivity (Wildman–Crippen MR) is 127 cm³/mol. The normalized spacial score (nSPS) is 24.2. The second-order valence-electron chi connectivity index (χ2n) is 10.0. The predicted octanol–water partition coefficient (Wildman–Crippen LogP) is 5.00. The monoisotopic (exact) mass is 465 g/mol. The molecule has 7 heteroatoms. The number of carboxylic acids is 1. The Morgan fingerprint density at radius 3 is 2.24 bits per heavy atom. The lowest BCUT2D eigenvalue weighted by atomic mass is 9.89. The Morgan fingerprint density at radius 2 is 1.62 bits per heavy atom. The van der Waals surface area contributed by atoms with Gasteiger partial charge in [0.25, 0.3) is 12.4 Å². The topological polar surface area (TPSA) is 110 Å². The molecule has 2 aromatic carbocycles. The molecule has 1 amide bonds. The first-order chi connectivity index (χ1) is 16.3.